The molecule has 0 aromatic carbocycles. The van der Waals surface area contributed by atoms with Crippen molar-refractivity contribution in [1.29, 1.82) is 0 Å². The molecule has 0 atom stereocenters. The van der Waals surface area contributed by atoms with Gasteiger partial charge in [0.2, 0.25) is 0 Å². The molecule has 0 spiro atoms. The summed E-state index contributed by atoms with van der Waals surface area (Å²) < 4.78 is 0. The Morgan fingerprint density at radius 3 is 2.00 bits per heavy atom. The number of rotatable bonds is 6. The first-order valence-electron chi connectivity index (χ1n) is 4.93. The van der Waals surface area contributed by atoms with Gasteiger partial charge in [0.05, 0.1) is 0 Å². The average molecular weight is 167 g/mol. The molecule has 0 aliphatic rings. The van der Waals surface area contributed by atoms with Crippen LogP contribution in [0.15, 0.2) is 0 Å². The van der Waals surface area contributed by atoms with Gasteiger partial charge in [-0.15, -0.1) is 12.3 Å². The van der Waals surface area contributed by atoms with E-state index in [9.17, 15) is 0 Å². The highest BCUT2D eigenvalue weighted by Crippen LogP contribution is 2.18. The van der Waals surface area contributed by atoms with Crippen molar-refractivity contribution < 1.29 is 0 Å². The van der Waals surface area contributed by atoms with Crippen LogP contribution in [0, 0.1) is 12.3 Å². The molecule has 0 aliphatic carbocycles. The highest BCUT2D eigenvalue weighted by molar-refractivity contribution is 4.88. The van der Waals surface area contributed by atoms with Gasteiger partial charge in [-0.1, -0.05) is 20.8 Å². The minimum Gasteiger partial charge on any atom is -0.310 e. The van der Waals surface area contributed by atoms with Gasteiger partial charge < -0.3 is 5.32 Å². The maximum Gasteiger partial charge on any atom is 0.0212 e. The van der Waals surface area contributed by atoms with Crippen molar-refractivity contribution in [2.24, 2.45) is 0 Å². The van der Waals surface area contributed by atoms with Crippen molar-refractivity contribution in [2.45, 2.75) is 52.0 Å². The van der Waals surface area contributed by atoms with E-state index in [0.29, 0.717) is 5.54 Å². The average Bonchev–Trinajstić information content (AvgIpc) is 2.14. The predicted octanol–water partition coefficient (Wildman–Crippen LogP) is 2.57. The number of terminal acetylenes is 1. The van der Waals surface area contributed by atoms with Gasteiger partial charge in [-0.25, -0.2) is 0 Å². The summed E-state index contributed by atoms with van der Waals surface area (Å²) >= 11 is 0. The van der Waals surface area contributed by atoms with E-state index in [4.69, 9.17) is 6.42 Å². The van der Waals surface area contributed by atoms with E-state index >= 15 is 0 Å². The molecule has 0 aromatic rings. The first-order chi connectivity index (χ1) is 5.74. The Labute approximate surface area is 76.9 Å². The molecule has 1 N–H and O–H groups in total. The van der Waals surface area contributed by atoms with E-state index in [-0.39, 0.29) is 0 Å². The van der Waals surface area contributed by atoms with Crippen LogP contribution in [0.2, 0.25) is 0 Å². The van der Waals surface area contributed by atoms with Gasteiger partial charge >= 0.3 is 0 Å². The van der Waals surface area contributed by atoms with Gasteiger partial charge in [0.15, 0.2) is 0 Å². The van der Waals surface area contributed by atoms with Crippen LogP contribution in [0.25, 0.3) is 0 Å². The summed E-state index contributed by atoms with van der Waals surface area (Å²) in [5.41, 5.74) is 0.330. The van der Waals surface area contributed by atoms with E-state index in [1.54, 1.807) is 0 Å². The molecule has 70 valence electrons. The second kappa shape index (κ2) is 6.08. The summed E-state index contributed by atoms with van der Waals surface area (Å²) in [6.45, 7) is 7.65. The Hall–Kier alpha value is -0.480. The van der Waals surface area contributed by atoms with Gasteiger partial charge in [0.1, 0.15) is 0 Å². The zero-order chi connectivity index (χ0) is 9.45. The quantitative estimate of drug-likeness (QED) is 0.473. The first kappa shape index (κ1) is 11.5. The van der Waals surface area contributed by atoms with Crippen LogP contribution in [0.5, 0.6) is 0 Å². The van der Waals surface area contributed by atoms with E-state index < -0.39 is 0 Å². The lowest BCUT2D eigenvalue weighted by molar-refractivity contribution is 0.294. The third kappa shape index (κ3) is 3.28. The van der Waals surface area contributed by atoms with Crippen LogP contribution < -0.4 is 5.32 Å². The van der Waals surface area contributed by atoms with Gasteiger partial charge in [-0.2, -0.15) is 0 Å². The van der Waals surface area contributed by atoms with Crippen molar-refractivity contribution in [2.75, 3.05) is 6.54 Å². The molecular formula is C11H21N. The maximum atomic E-state index is 5.19. The van der Waals surface area contributed by atoms with Crippen LogP contribution in [-0.2, 0) is 0 Å². The molecule has 0 unspecified atom stereocenters. The first-order valence-corrected chi connectivity index (χ1v) is 4.93. The molecule has 0 aromatic heterocycles. The van der Waals surface area contributed by atoms with Crippen LogP contribution in [0.3, 0.4) is 0 Å². The Bertz CT molecular complexity index is 131. The summed E-state index contributed by atoms with van der Waals surface area (Å²) in [6.07, 6.45) is 9.58. The van der Waals surface area contributed by atoms with E-state index in [0.717, 1.165) is 13.0 Å². The maximum absolute atomic E-state index is 5.19. The Kier molecular flexibility index (Phi) is 5.84. The molecule has 0 heterocycles. The Morgan fingerprint density at radius 1 is 1.17 bits per heavy atom. The fourth-order valence-corrected chi connectivity index (χ4v) is 1.52. The normalized spacial score (nSPS) is 11.2. The summed E-state index contributed by atoms with van der Waals surface area (Å²) in [5.74, 6) is 2.65. The van der Waals surface area contributed by atoms with Crippen molar-refractivity contribution in [1.82, 2.24) is 5.32 Å². The van der Waals surface area contributed by atoms with E-state index in [1.807, 2.05) is 0 Å². The molecule has 1 heteroatoms. The molecule has 0 rings (SSSR count). The molecule has 0 bridgehead atoms. The summed E-state index contributed by atoms with van der Waals surface area (Å²) in [6, 6.07) is 0. The summed E-state index contributed by atoms with van der Waals surface area (Å²) in [7, 11) is 0. The minimum atomic E-state index is 0.330. The van der Waals surface area contributed by atoms with E-state index in [2.05, 4.69) is 32.0 Å². The van der Waals surface area contributed by atoms with Gasteiger partial charge in [0.25, 0.3) is 0 Å². The molecule has 0 amide bonds. The lowest BCUT2D eigenvalue weighted by Gasteiger charge is -2.31. The SMILES string of the molecule is C#CCCNC(CC)(CC)CC. The molecular weight excluding hydrogens is 146 g/mol. The largest absolute Gasteiger partial charge is 0.310 e. The van der Waals surface area contributed by atoms with Gasteiger partial charge in [0, 0.05) is 18.5 Å². The zero-order valence-corrected chi connectivity index (χ0v) is 8.61. The van der Waals surface area contributed by atoms with Crippen LogP contribution in [-0.4, -0.2) is 12.1 Å². The minimum absolute atomic E-state index is 0.330. The zero-order valence-electron chi connectivity index (χ0n) is 8.61. The van der Waals surface area contributed by atoms with Crippen molar-refractivity contribution in [3.05, 3.63) is 0 Å². The monoisotopic (exact) mass is 167 g/mol. The van der Waals surface area contributed by atoms with Gasteiger partial charge in [-0.05, 0) is 19.3 Å². The third-order valence-electron chi connectivity index (χ3n) is 2.80. The van der Waals surface area contributed by atoms with Crippen molar-refractivity contribution in [3.8, 4) is 12.3 Å². The Balaban J connectivity index is 3.86. The molecule has 12 heavy (non-hydrogen) atoms. The highest BCUT2D eigenvalue weighted by Gasteiger charge is 2.21. The number of nitrogens with one attached hydrogen (secondary N) is 1. The highest BCUT2D eigenvalue weighted by atomic mass is 15.0. The van der Waals surface area contributed by atoms with Crippen LogP contribution in [0.4, 0.5) is 0 Å². The molecule has 0 fully saturated rings. The van der Waals surface area contributed by atoms with Crippen molar-refractivity contribution >= 4 is 0 Å². The number of hydrogen-bond donors (Lipinski definition) is 1. The third-order valence-corrected chi connectivity index (χ3v) is 2.80. The fraction of sp³-hybridized carbons (Fsp3) is 0.818. The summed E-state index contributed by atoms with van der Waals surface area (Å²) in [5, 5.41) is 3.54. The van der Waals surface area contributed by atoms with E-state index in [1.165, 1.54) is 19.3 Å². The molecule has 1 nitrogen and oxygen atoms in total. The lowest BCUT2D eigenvalue weighted by Crippen LogP contribution is -2.43. The van der Waals surface area contributed by atoms with Crippen LogP contribution in [0.1, 0.15) is 46.5 Å². The predicted molar refractivity (Wildman–Crippen MR) is 55.1 cm³/mol. The second-order valence-corrected chi connectivity index (χ2v) is 3.22. The smallest absolute Gasteiger partial charge is 0.0212 e. The van der Waals surface area contributed by atoms with Gasteiger partial charge in [-0.3, -0.25) is 0 Å². The van der Waals surface area contributed by atoms with Crippen LogP contribution >= 0.6 is 0 Å². The Morgan fingerprint density at radius 2 is 1.67 bits per heavy atom. The molecule has 0 radical (unpaired) electrons. The standard InChI is InChI=1S/C11H21N/c1-5-9-10-12-11(6-2,7-3)8-4/h1,12H,6-10H2,2-4H3. The molecule has 0 aliphatic heterocycles. The molecule has 0 saturated heterocycles. The molecule has 0 saturated carbocycles. The number of hydrogen-bond acceptors (Lipinski definition) is 1. The summed E-state index contributed by atoms with van der Waals surface area (Å²) in [4.78, 5) is 0. The topological polar surface area (TPSA) is 12.0 Å². The lowest BCUT2D eigenvalue weighted by atomic mass is 9.90. The van der Waals surface area contributed by atoms with Crippen molar-refractivity contribution in [3.63, 3.8) is 0 Å². The fourth-order valence-electron chi connectivity index (χ4n) is 1.52. The second-order valence-electron chi connectivity index (χ2n) is 3.22.